The molecule has 4 rings (SSSR count). The Balaban J connectivity index is 1.48. The van der Waals surface area contributed by atoms with Crippen LogP contribution in [0.1, 0.15) is 52.4 Å². The van der Waals surface area contributed by atoms with Crippen LogP contribution in [0.5, 0.6) is 0 Å². The highest BCUT2D eigenvalue weighted by atomic mass is 19.4. The number of hydrogen-bond acceptors (Lipinski definition) is 2. The van der Waals surface area contributed by atoms with E-state index in [4.69, 9.17) is 0 Å². The van der Waals surface area contributed by atoms with Crippen molar-refractivity contribution in [2.24, 2.45) is 11.8 Å². The van der Waals surface area contributed by atoms with Gasteiger partial charge in [-0.2, -0.15) is 13.2 Å². The number of rotatable bonds is 2. The lowest BCUT2D eigenvalue weighted by Gasteiger charge is -2.43. The fourth-order valence-corrected chi connectivity index (χ4v) is 4.86. The van der Waals surface area contributed by atoms with Crippen LogP contribution in [0.3, 0.4) is 0 Å². The maximum absolute atomic E-state index is 12.5. The van der Waals surface area contributed by atoms with Gasteiger partial charge in [-0.25, -0.2) is 4.79 Å². The molecular weight excluding hydrogens is 359 g/mol. The van der Waals surface area contributed by atoms with Gasteiger partial charge in [0.25, 0.3) is 0 Å². The Labute approximate surface area is 157 Å². The molecule has 3 aliphatic carbocycles. The smallest absolute Gasteiger partial charge is 0.335 e. The number of halogens is 3. The molecule has 2 bridgehead atoms. The maximum Gasteiger partial charge on any atom is 0.471 e. The number of urea groups is 1. The number of carbonyl (C=O) groups is 2. The summed E-state index contributed by atoms with van der Waals surface area (Å²) in [7, 11) is 0. The van der Waals surface area contributed by atoms with Crippen molar-refractivity contribution < 1.29 is 22.8 Å². The Bertz CT molecular complexity index is 618. The number of nitrogens with one attached hydrogen (secondary N) is 2. The van der Waals surface area contributed by atoms with Gasteiger partial charge in [0.05, 0.1) is 0 Å². The van der Waals surface area contributed by atoms with Crippen molar-refractivity contribution in [3.63, 3.8) is 0 Å². The van der Waals surface area contributed by atoms with Crippen molar-refractivity contribution >= 4 is 11.9 Å². The van der Waals surface area contributed by atoms with Crippen LogP contribution in [0, 0.1) is 11.8 Å². The van der Waals surface area contributed by atoms with Gasteiger partial charge in [0, 0.05) is 24.7 Å². The van der Waals surface area contributed by atoms with Crippen molar-refractivity contribution in [3.8, 4) is 0 Å². The van der Waals surface area contributed by atoms with Crippen LogP contribution < -0.4 is 10.6 Å². The number of likely N-dealkylation sites (tertiary alicyclic amines) is 1. The van der Waals surface area contributed by atoms with E-state index >= 15 is 0 Å². The molecule has 2 unspecified atom stereocenters. The monoisotopic (exact) mass is 387 g/mol. The molecule has 1 saturated heterocycles. The van der Waals surface area contributed by atoms with E-state index in [0.717, 1.165) is 30.6 Å². The topological polar surface area (TPSA) is 61.4 Å². The molecule has 152 valence electrons. The van der Waals surface area contributed by atoms with Crippen molar-refractivity contribution in [2.75, 3.05) is 13.1 Å². The summed E-state index contributed by atoms with van der Waals surface area (Å²) in [5, 5.41) is 6.00. The van der Waals surface area contributed by atoms with Crippen LogP contribution in [0.25, 0.3) is 0 Å². The van der Waals surface area contributed by atoms with Crippen LogP contribution in [-0.2, 0) is 4.79 Å². The van der Waals surface area contributed by atoms with E-state index in [1.54, 1.807) is 0 Å². The lowest BCUT2D eigenvalue weighted by atomic mass is 9.67. The number of fused-ring (bicyclic) bond motifs is 4. The molecule has 0 spiro atoms. The third-order valence-electron chi connectivity index (χ3n) is 5.91. The summed E-state index contributed by atoms with van der Waals surface area (Å²) in [5.41, 5.74) is 1.24. The molecule has 0 aromatic carbocycles. The second kappa shape index (κ2) is 7.36. The van der Waals surface area contributed by atoms with Gasteiger partial charge in [-0.05, 0) is 57.3 Å². The third-order valence-corrected chi connectivity index (χ3v) is 5.91. The Hall–Kier alpha value is -1.73. The van der Waals surface area contributed by atoms with Crippen molar-refractivity contribution in [2.45, 2.75) is 70.1 Å². The summed E-state index contributed by atoms with van der Waals surface area (Å²) in [6.07, 6.45) is 2.20. The van der Waals surface area contributed by atoms with Crippen molar-refractivity contribution in [3.05, 3.63) is 11.6 Å². The van der Waals surface area contributed by atoms with Crippen LogP contribution in [-0.4, -0.2) is 47.7 Å². The number of nitrogens with zero attached hydrogens (tertiary/aromatic N) is 1. The zero-order valence-corrected chi connectivity index (χ0v) is 15.9. The maximum atomic E-state index is 12.5. The Morgan fingerprint density at radius 1 is 1.19 bits per heavy atom. The van der Waals surface area contributed by atoms with Gasteiger partial charge in [-0.3, -0.25) is 4.79 Å². The minimum atomic E-state index is -4.84. The summed E-state index contributed by atoms with van der Waals surface area (Å²) in [6, 6.07) is -0.485. The van der Waals surface area contributed by atoms with E-state index in [9.17, 15) is 22.8 Å². The van der Waals surface area contributed by atoms with E-state index in [1.807, 2.05) is 0 Å². The van der Waals surface area contributed by atoms with Crippen LogP contribution in [0.4, 0.5) is 18.0 Å². The molecule has 0 aromatic heterocycles. The second-order valence-electron chi connectivity index (χ2n) is 8.71. The average Bonchev–Trinajstić information content (AvgIpc) is 2.49. The third kappa shape index (κ3) is 4.96. The molecular formula is C19H28F3N3O2. The minimum absolute atomic E-state index is 0.00718. The highest BCUT2D eigenvalue weighted by molar-refractivity contribution is 5.82. The summed E-state index contributed by atoms with van der Waals surface area (Å²) in [6.45, 7) is 4.25. The summed E-state index contributed by atoms with van der Waals surface area (Å²) in [4.78, 5) is 24.6. The highest BCUT2D eigenvalue weighted by Gasteiger charge is 2.43. The molecule has 2 atom stereocenters. The average molecular weight is 387 g/mol. The van der Waals surface area contributed by atoms with Gasteiger partial charge in [-0.15, -0.1) is 0 Å². The largest absolute Gasteiger partial charge is 0.471 e. The minimum Gasteiger partial charge on any atom is -0.335 e. The van der Waals surface area contributed by atoms with E-state index in [1.165, 1.54) is 5.57 Å². The summed E-state index contributed by atoms with van der Waals surface area (Å²) >= 11 is 0. The van der Waals surface area contributed by atoms with E-state index < -0.39 is 12.1 Å². The molecule has 27 heavy (non-hydrogen) atoms. The fourth-order valence-electron chi connectivity index (χ4n) is 4.86. The van der Waals surface area contributed by atoms with E-state index in [0.29, 0.717) is 24.7 Å². The number of amides is 3. The molecule has 0 aromatic rings. The Morgan fingerprint density at radius 3 is 2.41 bits per heavy atom. The summed E-state index contributed by atoms with van der Waals surface area (Å²) < 4.78 is 37.5. The van der Waals surface area contributed by atoms with Gasteiger partial charge in [-0.1, -0.05) is 18.6 Å². The first-order chi connectivity index (χ1) is 12.5. The van der Waals surface area contributed by atoms with Crippen LogP contribution in [0.2, 0.25) is 0 Å². The molecule has 1 heterocycles. The number of alkyl halides is 3. The predicted molar refractivity (Wildman–Crippen MR) is 94.9 cm³/mol. The van der Waals surface area contributed by atoms with Gasteiger partial charge in [0.2, 0.25) is 0 Å². The molecule has 8 heteroatoms. The lowest BCUT2D eigenvalue weighted by molar-refractivity contribution is -0.186. The van der Waals surface area contributed by atoms with Gasteiger partial charge in [0.1, 0.15) is 0 Å². The molecule has 5 nitrogen and oxygen atoms in total. The zero-order valence-electron chi connectivity index (χ0n) is 15.9. The van der Waals surface area contributed by atoms with Gasteiger partial charge < -0.3 is 15.5 Å². The van der Waals surface area contributed by atoms with E-state index in [2.05, 4.69) is 30.6 Å². The molecule has 1 saturated carbocycles. The van der Waals surface area contributed by atoms with Crippen LogP contribution in [0.15, 0.2) is 11.6 Å². The second-order valence-corrected chi connectivity index (χ2v) is 8.71. The first-order valence-electron chi connectivity index (χ1n) is 9.68. The zero-order chi connectivity index (χ0) is 19.8. The number of hydrogen-bond donors (Lipinski definition) is 2. The number of carbonyl (C=O) groups excluding carboxylic acids is 2. The fraction of sp³-hybridized carbons (Fsp3) is 0.789. The number of piperidine rings is 1. The van der Waals surface area contributed by atoms with Gasteiger partial charge in [0.15, 0.2) is 0 Å². The Morgan fingerprint density at radius 2 is 1.81 bits per heavy atom. The van der Waals surface area contributed by atoms with Gasteiger partial charge >= 0.3 is 18.1 Å². The predicted octanol–water partition coefficient (Wildman–Crippen LogP) is 3.36. The van der Waals surface area contributed by atoms with Crippen molar-refractivity contribution in [1.29, 1.82) is 0 Å². The SMILES string of the molecule is CC1C=C2CC(C2)CC(C)(NC(=O)NC2CCN(C(=O)C(F)(F)F)CC2)C1. The highest BCUT2D eigenvalue weighted by Crippen LogP contribution is 2.43. The van der Waals surface area contributed by atoms with E-state index in [-0.39, 0.29) is 30.7 Å². The quantitative estimate of drug-likeness (QED) is 0.714. The molecule has 1 aliphatic heterocycles. The van der Waals surface area contributed by atoms with Crippen LogP contribution >= 0.6 is 0 Å². The molecule has 3 amide bonds. The molecule has 2 fully saturated rings. The number of allylic oxidation sites excluding steroid dienone is 2. The summed E-state index contributed by atoms with van der Waals surface area (Å²) in [5.74, 6) is -0.775. The molecule has 0 radical (unpaired) electrons. The first kappa shape index (κ1) is 20.0. The Kier molecular flexibility index (Phi) is 5.45. The normalized spacial score (nSPS) is 31.9. The standard InChI is InChI=1S/C19H28F3N3O2/c1-12-7-13-8-14(9-13)11-18(2,10-12)24-17(27)23-15-3-5-25(6-4-15)16(26)19(20,21)22/h7,12,14-15H,3-6,8-11H2,1-2H3,(H2,23,24,27). The van der Waals surface area contributed by atoms with Crippen molar-refractivity contribution in [1.82, 2.24) is 15.5 Å². The molecule has 2 N–H and O–H groups in total. The lowest BCUT2D eigenvalue weighted by Crippen LogP contribution is -2.56. The first-order valence-corrected chi connectivity index (χ1v) is 9.68. The molecule has 4 aliphatic rings.